The molecule has 3 rings (SSSR count). The van der Waals surface area contributed by atoms with Gasteiger partial charge in [-0.15, -0.1) is 0 Å². The predicted molar refractivity (Wildman–Crippen MR) is 114 cm³/mol. The standard InChI is InChI=1S/C19H16Cl2F3N5OS/c1-3-28(15-10-29(27-16(15)21)13-5-4-6-25-9-13)18(30)11(2)31-17-14(20)7-12(8-26-17)19(22,23)24/h4-11H,3H2,1-2H3. The van der Waals surface area contributed by atoms with E-state index in [0.29, 0.717) is 24.1 Å². The molecule has 31 heavy (non-hydrogen) atoms. The highest BCUT2D eigenvalue weighted by Crippen LogP contribution is 2.36. The monoisotopic (exact) mass is 489 g/mol. The number of nitrogens with zero attached hydrogens (tertiary/aromatic N) is 5. The fraction of sp³-hybridized carbons (Fsp3) is 0.263. The molecule has 0 aromatic carbocycles. The Hall–Kier alpha value is -2.30. The van der Waals surface area contributed by atoms with E-state index in [9.17, 15) is 18.0 Å². The summed E-state index contributed by atoms with van der Waals surface area (Å²) < 4.78 is 39.9. The highest BCUT2D eigenvalue weighted by molar-refractivity contribution is 8.00. The van der Waals surface area contributed by atoms with Gasteiger partial charge in [0.1, 0.15) is 10.7 Å². The molecule has 3 heterocycles. The minimum atomic E-state index is -4.55. The number of carbonyl (C=O) groups is 1. The highest BCUT2D eigenvalue weighted by atomic mass is 35.5. The van der Waals surface area contributed by atoms with Gasteiger partial charge in [-0.05, 0) is 32.0 Å². The first-order valence-electron chi connectivity index (χ1n) is 8.98. The number of halogens is 5. The molecule has 3 aromatic heterocycles. The molecule has 1 unspecified atom stereocenters. The Balaban J connectivity index is 1.80. The molecule has 164 valence electrons. The summed E-state index contributed by atoms with van der Waals surface area (Å²) in [6.07, 6.45) is 0.976. The van der Waals surface area contributed by atoms with Gasteiger partial charge in [-0.25, -0.2) is 9.67 Å². The number of hydrogen-bond donors (Lipinski definition) is 0. The van der Waals surface area contributed by atoms with Crippen molar-refractivity contribution in [2.75, 3.05) is 11.4 Å². The number of anilines is 1. The van der Waals surface area contributed by atoms with E-state index >= 15 is 0 Å². The minimum absolute atomic E-state index is 0.127. The average Bonchev–Trinajstić information content (AvgIpc) is 3.11. The van der Waals surface area contributed by atoms with Crippen molar-refractivity contribution in [3.05, 3.63) is 58.7 Å². The van der Waals surface area contributed by atoms with E-state index in [0.717, 1.165) is 17.8 Å². The molecule has 0 saturated carbocycles. The van der Waals surface area contributed by atoms with Crippen LogP contribution in [0.25, 0.3) is 5.69 Å². The SMILES string of the molecule is CCN(C(=O)C(C)Sc1ncc(C(F)(F)F)cc1Cl)c1cn(-c2cccnc2)nc1Cl. The van der Waals surface area contributed by atoms with E-state index in [-0.39, 0.29) is 21.1 Å². The lowest BCUT2D eigenvalue weighted by molar-refractivity contribution is -0.137. The Morgan fingerprint density at radius 1 is 1.32 bits per heavy atom. The van der Waals surface area contributed by atoms with Gasteiger partial charge in [-0.1, -0.05) is 35.0 Å². The molecule has 1 amide bonds. The third-order valence-electron chi connectivity index (χ3n) is 4.21. The maximum Gasteiger partial charge on any atom is 0.417 e. The van der Waals surface area contributed by atoms with E-state index in [2.05, 4.69) is 15.1 Å². The zero-order chi connectivity index (χ0) is 22.8. The molecule has 1 atom stereocenters. The lowest BCUT2D eigenvalue weighted by Gasteiger charge is -2.23. The van der Waals surface area contributed by atoms with Crippen molar-refractivity contribution in [3.8, 4) is 5.69 Å². The fourth-order valence-electron chi connectivity index (χ4n) is 2.70. The molecule has 0 N–H and O–H groups in total. The molecule has 3 aromatic rings. The lowest BCUT2D eigenvalue weighted by Crippen LogP contribution is -2.36. The third-order valence-corrected chi connectivity index (χ3v) is 5.98. The molecule has 0 bridgehead atoms. The fourth-order valence-corrected chi connectivity index (χ4v) is 4.08. The van der Waals surface area contributed by atoms with Crippen molar-refractivity contribution in [2.24, 2.45) is 0 Å². The number of carbonyl (C=O) groups excluding carboxylic acids is 1. The van der Waals surface area contributed by atoms with Crippen LogP contribution in [0.3, 0.4) is 0 Å². The first-order chi connectivity index (χ1) is 14.6. The molecule has 0 aliphatic rings. The number of thioether (sulfide) groups is 1. The van der Waals surface area contributed by atoms with E-state index in [1.54, 1.807) is 44.6 Å². The quantitative estimate of drug-likeness (QED) is 0.426. The van der Waals surface area contributed by atoms with Gasteiger partial charge in [-0.3, -0.25) is 9.78 Å². The minimum Gasteiger partial charge on any atom is -0.308 e. The first kappa shape index (κ1) is 23.4. The topological polar surface area (TPSA) is 63.9 Å². The van der Waals surface area contributed by atoms with Gasteiger partial charge in [-0.2, -0.15) is 18.3 Å². The Kier molecular flexibility index (Phi) is 7.13. The summed E-state index contributed by atoms with van der Waals surface area (Å²) in [5.41, 5.74) is 0.116. The summed E-state index contributed by atoms with van der Waals surface area (Å²) in [5.74, 6) is -0.321. The second-order valence-corrected chi connectivity index (χ2v) is 8.41. The zero-order valence-electron chi connectivity index (χ0n) is 16.3. The van der Waals surface area contributed by atoms with Gasteiger partial charge in [0.25, 0.3) is 0 Å². The van der Waals surface area contributed by atoms with Gasteiger partial charge in [0.05, 0.1) is 33.9 Å². The molecule has 0 fully saturated rings. The lowest BCUT2D eigenvalue weighted by atomic mass is 10.3. The van der Waals surface area contributed by atoms with Gasteiger partial charge < -0.3 is 4.90 Å². The third kappa shape index (κ3) is 5.31. The van der Waals surface area contributed by atoms with Crippen LogP contribution in [0.4, 0.5) is 18.9 Å². The second-order valence-electron chi connectivity index (χ2n) is 6.31. The zero-order valence-corrected chi connectivity index (χ0v) is 18.6. The smallest absolute Gasteiger partial charge is 0.308 e. The van der Waals surface area contributed by atoms with Crippen LogP contribution in [0.1, 0.15) is 19.4 Å². The summed E-state index contributed by atoms with van der Waals surface area (Å²) in [6, 6.07) is 4.32. The summed E-state index contributed by atoms with van der Waals surface area (Å²) in [7, 11) is 0. The summed E-state index contributed by atoms with van der Waals surface area (Å²) in [4.78, 5) is 22.3. The van der Waals surface area contributed by atoms with Gasteiger partial charge in [0.15, 0.2) is 5.15 Å². The number of rotatable bonds is 6. The van der Waals surface area contributed by atoms with Crippen molar-refractivity contribution >= 4 is 46.6 Å². The van der Waals surface area contributed by atoms with Crippen molar-refractivity contribution in [2.45, 2.75) is 30.3 Å². The molecule has 0 radical (unpaired) electrons. The number of aromatic nitrogens is 4. The molecular formula is C19H16Cl2F3N5OS. The summed E-state index contributed by atoms with van der Waals surface area (Å²) in [5, 5.41) is 3.61. The van der Waals surface area contributed by atoms with Crippen molar-refractivity contribution in [1.29, 1.82) is 0 Å². The summed E-state index contributed by atoms with van der Waals surface area (Å²) >= 11 is 13.2. The number of alkyl halides is 3. The van der Waals surface area contributed by atoms with Crippen LogP contribution >= 0.6 is 35.0 Å². The largest absolute Gasteiger partial charge is 0.417 e. The molecule has 0 aliphatic carbocycles. The number of amides is 1. The van der Waals surface area contributed by atoms with Gasteiger partial charge >= 0.3 is 6.18 Å². The van der Waals surface area contributed by atoms with Crippen LogP contribution in [-0.2, 0) is 11.0 Å². The predicted octanol–water partition coefficient (Wildman–Crippen LogP) is 5.52. The van der Waals surface area contributed by atoms with Crippen LogP contribution < -0.4 is 4.90 Å². The molecule has 12 heteroatoms. The molecule has 6 nitrogen and oxygen atoms in total. The van der Waals surface area contributed by atoms with Crippen LogP contribution in [0.15, 0.2) is 48.0 Å². The summed E-state index contributed by atoms with van der Waals surface area (Å²) in [6.45, 7) is 3.69. The van der Waals surface area contributed by atoms with Gasteiger partial charge in [0.2, 0.25) is 5.91 Å². The Labute approximate surface area is 190 Å². The van der Waals surface area contributed by atoms with Gasteiger partial charge in [0, 0.05) is 18.9 Å². The van der Waals surface area contributed by atoms with Crippen LogP contribution in [0, 0.1) is 0 Å². The Morgan fingerprint density at radius 2 is 2.06 bits per heavy atom. The van der Waals surface area contributed by atoms with Crippen molar-refractivity contribution < 1.29 is 18.0 Å². The van der Waals surface area contributed by atoms with Crippen molar-refractivity contribution in [1.82, 2.24) is 19.7 Å². The van der Waals surface area contributed by atoms with E-state index < -0.39 is 17.0 Å². The highest BCUT2D eigenvalue weighted by Gasteiger charge is 2.32. The van der Waals surface area contributed by atoms with E-state index in [1.165, 1.54) is 9.58 Å². The van der Waals surface area contributed by atoms with Crippen molar-refractivity contribution in [3.63, 3.8) is 0 Å². The Bertz CT molecular complexity index is 1080. The normalized spacial score (nSPS) is 12.6. The second kappa shape index (κ2) is 9.46. The Morgan fingerprint density at radius 3 is 2.65 bits per heavy atom. The number of pyridine rings is 2. The molecule has 0 aliphatic heterocycles. The molecule has 0 spiro atoms. The average molecular weight is 490 g/mol. The number of hydrogen-bond acceptors (Lipinski definition) is 5. The molecular weight excluding hydrogens is 474 g/mol. The maximum atomic E-state index is 13.1. The van der Waals surface area contributed by atoms with Crippen LogP contribution in [0.5, 0.6) is 0 Å². The first-order valence-corrected chi connectivity index (χ1v) is 10.6. The van der Waals surface area contributed by atoms with E-state index in [4.69, 9.17) is 23.2 Å². The maximum absolute atomic E-state index is 13.1. The molecule has 0 saturated heterocycles. The van der Waals surface area contributed by atoms with Crippen LogP contribution in [0.2, 0.25) is 10.2 Å². The van der Waals surface area contributed by atoms with E-state index in [1.807, 2.05) is 0 Å². The van der Waals surface area contributed by atoms with Crippen LogP contribution in [-0.4, -0.2) is 37.5 Å².